The second-order valence-electron chi connectivity index (χ2n) is 5.67. The minimum atomic E-state index is -0.429. The fraction of sp³-hybridized carbons (Fsp3) is 0.533. The van der Waals surface area contributed by atoms with Gasteiger partial charge in [0, 0.05) is 31.2 Å². The average Bonchev–Trinajstić information content (AvgIpc) is 2.78. The van der Waals surface area contributed by atoms with Crippen molar-refractivity contribution in [3.8, 4) is 0 Å². The zero-order valence-electron chi connectivity index (χ0n) is 12.1. The number of hydrogen-bond donors (Lipinski definition) is 2. The molecule has 2 atom stereocenters. The van der Waals surface area contributed by atoms with Gasteiger partial charge in [0.1, 0.15) is 0 Å². The van der Waals surface area contributed by atoms with E-state index in [-0.39, 0.29) is 11.9 Å². The second kappa shape index (κ2) is 6.35. The summed E-state index contributed by atoms with van der Waals surface area (Å²) in [6, 6.07) is 7.46. The van der Waals surface area contributed by atoms with Gasteiger partial charge in [-0.05, 0) is 38.2 Å². The van der Waals surface area contributed by atoms with E-state index >= 15 is 0 Å². The smallest absolute Gasteiger partial charge is 0.254 e. The van der Waals surface area contributed by atoms with Crippen molar-refractivity contribution in [1.29, 1.82) is 0 Å². The predicted octanol–water partition coefficient (Wildman–Crippen LogP) is 0.282. The van der Waals surface area contributed by atoms with E-state index < -0.39 is 6.10 Å². The topological polar surface area (TPSA) is 69.8 Å². The molecule has 0 aliphatic carbocycles. The van der Waals surface area contributed by atoms with Gasteiger partial charge in [-0.1, -0.05) is 12.1 Å². The molecule has 2 unspecified atom stereocenters. The number of carbonyl (C=O) groups is 1. The van der Waals surface area contributed by atoms with Gasteiger partial charge >= 0.3 is 0 Å². The Labute approximate surface area is 120 Å². The zero-order valence-corrected chi connectivity index (χ0v) is 12.1. The number of likely N-dealkylation sites (tertiary alicyclic amines) is 1. The Kier molecular flexibility index (Phi) is 4.75. The van der Waals surface area contributed by atoms with Crippen LogP contribution in [-0.4, -0.2) is 60.1 Å². The van der Waals surface area contributed by atoms with Crippen molar-refractivity contribution in [3.05, 3.63) is 35.4 Å². The summed E-state index contributed by atoms with van der Waals surface area (Å²) < 4.78 is 0. The van der Waals surface area contributed by atoms with Gasteiger partial charge in [-0.3, -0.25) is 4.79 Å². The molecule has 3 N–H and O–H groups in total. The monoisotopic (exact) mass is 277 g/mol. The van der Waals surface area contributed by atoms with Crippen molar-refractivity contribution in [2.24, 2.45) is 5.73 Å². The average molecular weight is 277 g/mol. The second-order valence-corrected chi connectivity index (χ2v) is 5.67. The first-order chi connectivity index (χ1) is 9.51. The molecule has 0 spiro atoms. The summed E-state index contributed by atoms with van der Waals surface area (Å²) in [7, 11) is 3.95. The number of benzene rings is 1. The van der Waals surface area contributed by atoms with E-state index in [1.807, 2.05) is 37.2 Å². The predicted molar refractivity (Wildman–Crippen MR) is 78.3 cm³/mol. The van der Waals surface area contributed by atoms with Gasteiger partial charge in [0.25, 0.3) is 5.91 Å². The molecule has 0 saturated carbocycles. The molecule has 1 fully saturated rings. The maximum Gasteiger partial charge on any atom is 0.254 e. The Morgan fingerprint density at radius 1 is 1.50 bits per heavy atom. The fourth-order valence-corrected chi connectivity index (χ4v) is 2.73. The summed E-state index contributed by atoms with van der Waals surface area (Å²) >= 11 is 0. The summed E-state index contributed by atoms with van der Waals surface area (Å²) in [5, 5.41) is 9.85. The van der Waals surface area contributed by atoms with Crippen molar-refractivity contribution < 1.29 is 9.90 Å². The molecule has 1 amide bonds. The van der Waals surface area contributed by atoms with E-state index in [1.54, 1.807) is 11.0 Å². The fourth-order valence-electron chi connectivity index (χ4n) is 2.73. The lowest BCUT2D eigenvalue weighted by Crippen LogP contribution is -2.41. The molecule has 1 aliphatic heterocycles. The van der Waals surface area contributed by atoms with Crippen LogP contribution in [-0.2, 0) is 6.54 Å². The van der Waals surface area contributed by atoms with Gasteiger partial charge in [0.15, 0.2) is 0 Å². The van der Waals surface area contributed by atoms with Crippen LogP contribution in [0.4, 0.5) is 0 Å². The first kappa shape index (κ1) is 15.0. The molecule has 1 saturated heterocycles. The summed E-state index contributed by atoms with van der Waals surface area (Å²) in [5.74, 6) is -0.0244. The van der Waals surface area contributed by atoms with Crippen LogP contribution in [0.1, 0.15) is 22.3 Å². The normalized spacial score (nSPS) is 22.6. The van der Waals surface area contributed by atoms with Crippen LogP contribution in [0, 0.1) is 0 Å². The summed E-state index contributed by atoms with van der Waals surface area (Å²) in [5.41, 5.74) is 7.20. The van der Waals surface area contributed by atoms with Gasteiger partial charge in [-0.15, -0.1) is 0 Å². The van der Waals surface area contributed by atoms with Gasteiger partial charge in [0.05, 0.1) is 6.10 Å². The van der Waals surface area contributed by atoms with Crippen LogP contribution in [0.5, 0.6) is 0 Å². The van der Waals surface area contributed by atoms with Crippen LogP contribution in [0.2, 0.25) is 0 Å². The first-order valence-electron chi connectivity index (χ1n) is 6.94. The molecule has 5 heteroatoms. The van der Waals surface area contributed by atoms with E-state index in [0.29, 0.717) is 25.1 Å². The van der Waals surface area contributed by atoms with Crippen molar-refractivity contribution in [2.75, 3.05) is 27.2 Å². The zero-order chi connectivity index (χ0) is 14.7. The van der Waals surface area contributed by atoms with Crippen molar-refractivity contribution in [3.63, 3.8) is 0 Å². The minimum Gasteiger partial charge on any atom is -0.391 e. The summed E-state index contributed by atoms with van der Waals surface area (Å²) in [6.45, 7) is 1.59. The van der Waals surface area contributed by atoms with E-state index in [2.05, 4.69) is 0 Å². The van der Waals surface area contributed by atoms with Crippen LogP contribution >= 0.6 is 0 Å². The number of aliphatic hydroxyl groups excluding tert-OH is 1. The van der Waals surface area contributed by atoms with Crippen LogP contribution < -0.4 is 5.73 Å². The first-order valence-corrected chi connectivity index (χ1v) is 6.94. The van der Waals surface area contributed by atoms with Crippen molar-refractivity contribution in [1.82, 2.24) is 9.80 Å². The molecule has 20 heavy (non-hydrogen) atoms. The highest BCUT2D eigenvalue weighted by Crippen LogP contribution is 2.21. The maximum atomic E-state index is 12.6. The molecule has 1 heterocycles. The SMILES string of the molecule is CN(C)CC1CC(O)CN1C(=O)c1cccc(CN)c1. The quantitative estimate of drug-likeness (QED) is 0.829. The number of aliphatic hydroxyl groups is 1. The Morgan fingerprint density at radius 3 is 2.90 bits per heavy atom. The number of likely N-dealkylation sites (N-methyl/N-ethyl adjacent to an activating group) is 1. The highest BCUT2D eigenvalue weighted by Gasteiger charge is 2.34. The minimum absolute atomic E-state index is 0.0244. The number of rotatable bonds is 4. The molecule has 2 rings (SSSR count). The molecule has 0 aromatic heterocycles. The maximum absolute atomic E-state index is 12.6. The lowest BCUT2D eigenvalue weighted by atomic mass is 10.1. The third kappa shape index (κ3) is 3.36. The lowest BCUT2D eigenvalue weighted by molar-refractivity contribution is 0.0699. The van der Waals surface area contributed by atoms with Gasteiger partial charge < -0.3 is 20.6 Å². The van der Waals surface area contributed by atoms with E-state index in [9.17, 15) is 9.90 Å². The third-order valence-electron chi connectivity index (χ3n) is 3.64. The Hall–Kier alpha value is -1.43. The van der Waals surface area contributed by atoms with Crippen molar-refractivity contribution in [2.45, 2.75) is 25.1 Å². The number of hydrogen-bond acceptors (Lipinski definition) is 4. The summed E-state index contributed by atoms with van der Waals surface area (Å²) in [6.07, 6.45) is 0.210. The standard InChI is InChI=1S/C15H23N3O2/c1-17(2)9-13-7-14(19)10-18(13)15(20)12-5-3-4-11(6-12)8-16/h3-6,13-14,19H,7-10,16H2,1-2H3. The Balaban J connectivity index is 2.17. The van der Waals surface area contributed by atoms with Gasteiger partial charge in [-0.2, -0.15) is 0 Å². The molecule has 1 aliphatic rings. The molecule has 1 aromatic rings. The van der Waals surface area contributed by atoms with E-state index in [4.69, 9.17) is 5.73 Å². The molecular formula is C15H23N3O2. The third-order valence-corrected chi connectivity index (χ3v) is 3.64. The molecular weight excluding hydrogens is 254 g/mol. The Morgan fingerprint density at radius 2 is 2.25 bits per heavy atom. The molecule has 1 aromatic carbocycles. The van der Waals surface area contributed by atoms with E-state index in [1.165, 1.54) is 0 Å². The number of β-amino-alcohol motifs (C(OH)–C–C–N with tert-alkyl or cyclic N) is 1. The van der Waals surface area contributed by atoms with Gasteiger partial charge in [0.2, 0.25) is 0 Å². The van der Waals surface area contributed by atoms with Crippen LogP contribution in [0.15, 0.2) is 24.3 Å². The lowest BCUT2D eigenvalue weighted by Gasteiger charge is -2.27. The largest absolute Gasteiger partial charge is 0.391 e. The Bertz CT molecular complexity index is 476. The number of nitrogens with zero attached hydrogens (tertiary/aromatic N) is 2. The van der Waals surface area contributed by atoms with Crippen molar-refractivity contribution >= 4 is 5.91 Å². The highest BCUT2D eigenvalue weighted by atomic mass is 16.3. The van der Waals surface area contributed by atoms with Gasteiger partial charge in [-0.25, -0.2) is 0 Å². The molecule has 0 radical (unpaired) electrons. The number of amides is 1. The highest BCUT2D eigenvalue weighted by molar-refractivity contribution is 5.94. The molecule has 0 bridgehead atoms. The number of carbonyl (C=O) groups excluding carboxylic acids is 1. The summed E-state index contributed by atoms with van der Waals surface area (Å²) in [4.78, 5) is 16.4. The molecule has 5 nitrogen and oxygen atoms in total. The van der Waals surface area contributed by atoms with Crippen LogP contribution in [0.25, 0.3) is 0 Å². The molecule has 110 valence electrons. The van der Waals surface area contributed by atoms with E-state index in [0.717, 1.165) is 12.1 Å². The van der Waals surface area contributed by atoms with Crippen LogP contribution in [0.3, 0.4) is 0 Å². The number of nitrogens with two attached hydrogens (primary N) is 1.